The van der Waals surface area contributed by atoms with Gasteiger partial charge in [0.05, 0.1) is 16.1 Å². The van der Waals surface area contributed by atoms with Gasteiger partial charge in [0, 0.05) is 13.1 Å². The second-order valence-electron chi connectivity index (χ2n) is 5.17. The third-order valence-corrected chi connectivity index (χ3v) is 4.16. The average Bonchev–Trinajstić information content (AvgIpc) is 2.52. The molecule has 0 radical (unpaired) electrons. The summed E-state index contributed by atoms with van der Waals surface area (Å²) in [6, 6.07) is 7.81. The molecule has 1 atom stereocenters. The molecule has 0 saturated carbocycles. The predicted octanol–water partition coefficient (Wildman–Crippen LogP) is 3.36. The second-order valence-corrected chi connectivity index (χ2v) is 5.98. The molecule has 5 nitrogen and oxygen atoms in total. The van der Waals surface area contributed by atoms with Crippen LogP contribution >= 0.6 is 23.2 Å². The van der Waals surface area contributed by atoms with Gasteiger partial charge in [0.2, 0.25) is 0 Å². The maximum Gasteiger partial charge on any atom is 0.272 e. The molecule has 2 rings (SSSR count). The fraction of sp³-hybridized carbons (Fsp3) is 0.312. The first-order valence-electron chi connectivity index (χ1n) is 7.22. The highest BCUT2D eigenvalue weighted by molar-refractivity contribution is 6.42. The molecule has 0 aliphatic carbocycles. The summed E-state index contributed by atoms with van der Waals surface area (Å²) in [6.07, 6.45) is 1.63. The Labute approximate surface area is 144 Å². The molecule has 0 aliphatic heterocycles. The quantitative estimate of drug-likeness (QED) is 0.896. The van der Waals surface area contributed by atoms with Crippen molar-refractivity contribution < 1.29 is 4.79 Å². The highest BCUT2D eigenvalue weighted by atomic mass is 35.5. The summed E-state index contributed by atoms with van der Waals surface area (Å²) < 4.78 is 1.13. The monoisotopic (exact) mass is 353 g/mol. The van der Waals surface area contributed by atoms with Gasteiger partial charge in [0.15, 0.2) is 0 Å². The van der Waals surface area contributed by atoms with Crippen molar-refractivity contribution in [1.82, 2.24) is 15.1 Å². The number of hydrogen-bond acceptors (Lipinski definition) is 3. The van der Waals surface area contributed by atoms with Gasteiger partial charge in [0.25, 0.3) is 11.5 Å². The van der Waals surface area contributed by atoms with Crippen LogP contribution in [0.3, 0.4) is 0 Å². The van der Waals surface area contributed by atoms with Gasteiger partial charge in [-0.3, -0.25) is 9.59 Å². The van der Waals surface area contributed by atoms with Crippen LogP contribution < -0.4 is 10.9 Å². The maximum absolute atomic E-state index is 12.4. The molecular formula is C16H17Cl2N3O2. The SMILES string of the molecule is CCCC(NC(=O)c1ccc(=O)n(C)n1)c1ccc(Cl)c(Cl)c1. The lowest BCUT2D eigenvalue weighted by Crippen LogP contribution is -2.31. The van der Waals surface area contributed by atoms with Crippen molar-refractivity contribution in [2.45, 2.75) is 25.8 Å². The van der Waals surface area contributed by atoms with Gasteiger partial charge in [-0.05, 0) is 30.2 Å². The van der Waals surface area contributed by atoms with Crippen molar-refractivity contribution in [2.75, 3.05) is 0 Å². The third-order valence-electron chi connectivity index (χ3n) is 3.42. The van der Waals surface area contributed by atoms with Gasteiger partial charge < -0.3 is 5.32 Å². The summed E-state index contributed by atoms with van der Waals surface area (Å²) in [5.74, 6) is -0.342. The fourth-order valence-corrected chi connectivity index (χ4v) is 2.50. The number of nitrogens with zero attached hydrogens (tertiary/aromatic N) is 2. The molecular weight excluding hydrogens is 337 g/mol. The Kier molecular flexibility index (Phi) is 5.80. The number of halogens is 2. The summed E-state index contributed by atoms with van der Waals surface area (Å²) in [4.78, 5) is 23.7. The minimum absolute atomic E-state index is 0.188. The molecule has 0 spiro atoms. The standard InChI is InChI=1S/C16H17Cl2N3O2/c1-3-4-13(10-5-6-11(17)12(18)9-10)19-16(23)14-7-8-15(22)21(2)20-14/h5-9,13H,3-4H2,1-2H3,(H,19,23). The average molecular weight is 354 g/mol. The van der Waals surface area contributed by atoms with Gasteiger partial charge in [0.1, 0.15) is 5.69 Å². The molecule has 0 fully saturated rings. The lowest BCUT2D eigenvalue weighted by atomic mass is 10.0. The predicted molar refractivity (Wildman–Crippen MR) is 91.1 cm³/mol. The van der Waals surface area contributed by atoms with E-state index < -0.39 is 0 Å². The van der Waals surface area contributed by atoms with E-state index in [9.17, 15) is 9.59 Å². The minimum atomic E-state index is -0.342. The normalized spacial score (nSPS) is 12.0. The fourth-order valence-electron chi connectivity index (χ4n) is 2.20. The first kappa shape index (κ1) is 17.5. The summed E-state index contributed by atoms with van der Waals surface area (Å²) >= 11 is 12.0. The molecule has 1 amide bonds. The first-order valence-corrected chi connectivity index (χ1v) is 7.98. The van der Waals surface area contributed by atoms with Crippen molar-refractivity contribution in [3.8, 4) is 0 Å². The lowest BCUT2D eigenvalue weighted by molar-refractivity contribution is 0.0927. The summed E-state index contributed by atoms with van der Waals surface area (Å²) in [5.41, 5.74) is 0.795. The zero-order valence-electron chi connectivity index (χ0n) is 12.8. The number of aryl methyl sites for hydroxylation is 1. The summed E-state index contributed by atoms with van der Waals surface area (Å²) in [5, 5.41) is 7.79. The Morgan fingerprint density at radius 2 is 2.00 bits per heavy atom. The Balaban J connectivity index is 2.24. The summed E-state index contributed by atoms with van der Waals surface area (Å²) in [6.45, 7) is 2.03. The Bertz CT molecular complexity index is 774. The van der Waals surface area contributed by atoms with Gasteiger partial charge in [-0.2, -0.15) is 5.10 Å². The highest BCUT2D eigenvalue weighted by Crippen LogP contribution is 2.27. The number of hydrogen-bond donors (Lipinski definition) is 1. The van der Waals surface area contributed by atoms with Crippen LogP contribution in [0.1, 0.15) is 41.9 Å². The van der Waals surface area contributed by atoms with Crippen LogP contribution in [0.25, 0.3) is 0 Å². The van der Waals surface area contributed by atoms with E-state index in [-0.39, 0.29) is 23.2 Å². The smallest absolute Gasteiger partial charge is 0.272 e. The van der Waals surface area contributed by atoms with Crippen LogP contribution in [-0.2, 0) is 7.05 Å². The van der Waals surface area contributed by atoms with Crippen LogP contribution in [-0.4, -0.2) is 15.7 Å². The first-order chi connectivity index (χ1) is 10.9. The van der Waals surface area contributed by atoms with E-state index in [2.05, 4.69) is 10.4 Å². The molecule has 1 heterocycles. The molecule has 0 saturated heterocycles. The number of carbonyl (C=O) groups excluding carboxylic acids is 1. The van der Waals surface area contributed by atoms with Crippen LogP contribution in [0.4, 0.5) is 0 Å². The molecule has 1 aromatic heterocycles. The molecule has 0 aliphatic rings. The molecule has 1 aromatic carbocycles. The molecule has 1 unspecified atom stereocenters. The minimum Gasteiger partial charge on any atom is -0.344 e. The van der Waals surface area contributed by atoms with Crippen LogP contribution in [0.2, 0.25) is 10.0 Å². The van der Waals surface area contributed by atoms with Crippen molar-refractivity contribution in [3.63, 3.8) is 0 Å². The number of carbonyl (C=O) groups is 1. The Morgan fingerprint density at radius 1 is 1.26 bits per heavy atom. The van der Waals surface area contributed by atoms with Gasteiger partial charge >= 0.3 is 0 Å². The summed E-state index contributed by atoms with van der Waals surface area (Å²) in [7, 11) is 1.50. The van der Waals surface area contributed by atoms with E-state index in [4.69, 9.17) is 23.2 Å². The van der Waals surface area contributed by atoms with Gasteiger partial charge in [-0.25, -0.2) is 4.68 Å². The van der Waals surface area contributed by atoms with Crippen LogP contribution in [0.15, 0.2) is 35.1 Å². The molecule has 7 heteroatoms. The van der Waals surface area contributed by atoms with Crippen LogP contribution in [0, 0.1) is 0 Å². The van der Waals surface area contributed by atoms with Crippen molar-refractivity contribution in [3.05, 3.63) is 62.0 Å². The molecule has 0 bridgehead atoms. The third kappa shape index (κ3) is 4.33. The number of benzene rings is 1. The zero-order valence-corrected chi connectivity index (χ0v) is 14.4. The second kappa shape index (κ2) is 7.62. The van der Waals surface area contributed by atoms with Crippen LogP contribution in [0.5, 0.6) is 0 Å². The topological polar surface area (TPSA) is 64.0 Å². The zero-order chi connectivity index (χ0) is 17.0. The molecule has 23 heavy (non-hydrogen) atoms. The lowest BCUT2D eigenvalue weighted by Gasteiger charge is -2.19. The largest absolute Gasteiger partial charge is 0.344 e. The van der Waals surface area contributed by atoms with E-state index in [1.54, 1.807) is 12.1 Å². The maximum atomic E-state index is 12.4. The molecule has 2 aromatic rings. The number of rotatable bonds is 5. The molecule has 1 N–H and O–H groups in total. The van der Waals surface area contributed by atoms with E-state index in [1.807, 2.05) is 13.0 Å². The van der Waals surface area contributed by atoms with E-state index >= 15 is 0 Å². The van der Waals surface area contributed by atoms with E-state index in [0.29, 0.717) is 10.0 Å². The van der Waals surface area contributed by atoms with Crippen molar-refractivity contribution in [2.24, 2.45) is 7.05 Å². The van der Waals surface area contributed by atoms with Gasteiger partial charge in [-0.1, -0.05) is 42.6 Å². The van der Waals surface area contributed by atoms with Crippen molar-refractivity contribution in [1.29, 1.82) is 0 Å². The number of aromatic nitrogens is 2. The highest BCUT2D eigenvalue weighted by Gasteiger charge is 2.17. The van der Waals surface area contributed by atoms with Crippen molar-refractivity contribution >= 4 is 29.1 Å². The van der Waals surface area contributed by atoms with E-state index in [1.165, 1.54) is 19.2 Å². The Morgan fingerprint density at radius 3 is 2.61 bits per heavy atom. The van der Waals surface area contributed by atoms with Gasteiger partial charge in [-0.15, -0.1) is 0 Å². The number of nitrogens with one attached hydrogen (secondary N) is 1. The molecule has 122 valence electrons. The number of amides is 1. The Hall–Kier alpha value is -1.85. The van der Waals surface area contributed by atoms with E-state index in [0.717, 1.165) is 23.1 Å².